The molecule has 0 aliphatic carbocycles. The molecule has 1 aromatic carbocycles. The summed E-state index contributed by atoms with van der Waals surface area (Å²) in [5, 5.41) is 20.5. The number of hydroxylamine groups is 1. The fraction of sp³-hybridized carbons (Fsp3) is 0.650. The number of nitrogens with zero attached hydrogens (tertiary/aromatic N) is 1. The number of amides is 1. The van der Waals surface area contributed by atoms with E-state index in [1.54, 1.807) is 0 Å². The van der Waals surface area contributed by atoms with Gasteiger partial charge in [-0.2, -0.15) is 5.48 Å². The summed E-state index contributed by atoms with van der Waals surface area (Å²) < 4.78 is 0. The highest BCUT2D eigenvalue weighted by Gasteiger charge is 2.37. The molecule has 148 valence electrons. The van der Waals surface area contributed by atoms with Crippen LogP contribution in [-0.4, -0.2) is 51.5 Å². The van der Waals surface area contributed by atoms with Gasteiger partial charge < -0.3 is 10.2 Å². The van der Waals surface area contributed by atoms with Crippen molar-refractivity contribution >= 4 is 6.09 Å². The van der Waals surface area contributed by atoms with Gasteiger partial charge in [0, 0.05) is 12.1 Å². The highest BCUT2D eigenvalue weighted by molar-refractivity contribution is 5.66. The van der Waals surface area contributed by atoms with Crippen LogP contribution in [0.3, 0.4) is 0 Å². The molecule has 0 saturated carbocycles. The molecule has 0 aliphatic rings. The predicted molar refractivity (Wildman–Crippen MR) is 103 cm³/mol. The molecule has 3 N–H and O–H groups in total. The van der Waals surface area contributed by atoms with E-state index in [1.165, 1.54) is 4.90 Å². The van der Waals surface area contributed by atoms with Crippen LogP contribution in [0.2, 0.25) is 0 Å². The lowest BCUT2D eigenvalue weighted by atomic mass is 9.95. The van der Waals surface area contributed by atoms with E-state index in [1.807, 2.05) is 65.0 Å². The fourth-order valence-corrected chi connectivity index (χ4v) is 3.02. The molecule has 1 amide bonds. The molecule has 2 atom stereocenters. The van der Waals surface area contributed by atoms with Crippen molar-refractivity contribution < 1.29 is 19.8 Å². The first-order chi connectivity index (χ1) is 12.2. The number of aliphatic hydroxyl groups is 1. The molecule has 6 heteroatoms. The molecule has 0 saturated heterocycles. The molecule has 0 fully saturated rings. The second-order valence-electron chi connectivity index (χ2n) is 7.55. The number of carbonyl (C=O) groups is 1. The molecule has 0 aliphatic heterocycles. The van der Waals surface area contributed by atoms with Crippen molar-refractivity contribution in [3.05, 3.63) is 35.9 Å². The zero-order valence-electron chi connectivity index (χ0n) is 16.6. The minimum Gasteiger partial charge on any atom is -0.465 e. The molecule has 0 spiro atoms. The van der Waals surface area contributed by atoms with E-state index in [9.17, 15) is 15.0 Å². The Hall–Kier alpha value is -1.63. The third-order valence-electron chi connectivity index (χ3n) is 4.45. The number of aliphatic hydroxyl groups excluding tert-OH is 1. The van der Waals surface area contributed by atoms with E-state index < -0.39 is 23.8 Å². The minimum atomic E-state index is -1.04. The van der Waals surface area contributed by atoms with E-state index in [2.05, 4.69) is 5.48 Å². The summed E-state index contributed by atoms with van der Waals surface area (Å²) in [6.07, 6.45) is 0.302. The van der Waals surface area contributed by atoms with Crippen molar-refractivity contribution in [1.29, 1.82) is 0 Å². The Morgan fingerprint density at radius 3 is 2.23 bits per heavy atom. The van der Waals surface area contributed by atoms with Crippen molar-refractivity contribution in [3.8, 4) is 0 Å². The molecule has 0 aromatic heterocycles. The zero-order valence-corrected chi connectivity index (χ0v) is 16.6. The van der Waals surface area contributed by atoms with Crippen molar-refractivity contribution in [3.63, 3.8) is 0 Å². The third-order valence-corrected chi connectivity index (χ3v) is 4.45. The second-order valence-corrected chi connectivity index (χ2v) is 7.55. The number of hydrogen-bond donors (Lipinski definition) is 3. The largest absolute Gasteiger partial charge is 0.465 e. The maximum atomic E-state index is 11.9. The summed E-state index contributed by atoms with van der Waals surface area (Å²) in [6.45, 7) is 9.74. The summed E-state index contributed by atoms with van der Waals surface area (Å²) >= 11 is 0. The van der Waals surface area contributed by atoms with Crippen LogP contribution in [0.25, 0.3) is 0 Å². The molecule has 6 nitrogen and oxygen atoms in total. The van der Waals surface area contributed by atoms with Gasteiger partial charge in [0.25, 0.3) is 0 Å². The summed E-state index contributed by atoms with van der Waals surface area (Å²) in [5.74, 6) is 0. The van der Waals surface area contributed by atoms with Gasteiger partial charge in [0.2, 0.25) is 0 Å². The minimum absolute atomic E-state index is 0.0768. The molecule has 0 heterocycles. The molecule has 0 unspecified atom stereocenters. The fourth-order valence-electron chi connectivity index (χ4n) is 3.02. The van der Waals surface area contributed by atoms with Crippen molar-refractivity contribution in [2.24, 2.45) is 0 Å². The van der Waals surface area contributed by atoms with Gasteiger partial charge in [-0.05, 0) is 45.6 Å². The maximum absolute atomic E-state index is 11.9. The Morgan fingerprint density at radius 2 is 1.77 bits per heavy atom. The van der Waals surface area contributed by atoms with Gasteiger partial charge >= 0.3 is 6.09 Å². The van der Waals surface area contributed by atoms with Crippen molar-refractivity contribution in [2.75, 3.05) is 6.54 Å². The van der Waals surface area contributed by atoms with E-state index in [0.717, 1.165) is 18.4 Å². The number of carboxylic acid groups (broad SMARTS) is 1. The first kappa shape index (κ1) is 22.4. The molecular formula is C20H34N2O4. The quantitative estimate of drug-likeness (QED) is 0.553. The lowest BCUT2D eigenvalue weighted by Gasteiger charge is -2.42. The van der Waals surface area contributed by atoms with E-state index in [4.69, 9.17) is 4.84 Å². The molecule has 0 radical (unpaired) electrons. The lowest BCUT2D eigenvalue weighted by molar-refractivity contribution is -0.0601. The SMILES string of the molecule is CCC(CC)ONC[C@@H](O)[C@H](Cc1ccccc1)N(C(=O)O)C(C)(C)C. The summed E-state index contributed by atoms with van der Waals surface area (Å²) in [4.78, 5) is 18.8. The van der Waals surface area contributed by atoms with Gasteiger partial charge in [-0.1, -0.05) is 44.2 Å². The predicted octanol–water partition coefficient (Wildman–Crippen LogP) is 3.45. The monoisotopic (exact) mass is 366 g/mol. The average Bonchev–Trinajstić information content (AvgIpc) is 2.57. The van der Waals surface area contributed by atoms with Crippen LogP contribution in [0.1, 0.15) is 53.0 Å². The van der Waals surface area contributed by atoms with Crippen molar-refractivity contribution in [1.82, 2.24) is 10.4 Å². The topological polar surface area (TPSA) is 82.0 Å². The number of nitrogens with one attached hydrogen (secondary N) is 1. The normalized spacial score (nSPS) is 14.3. The smallest absolute Gasteiger partial charge is 0.408 e. The second kappa shape index (κ2) is 10.5. The number of rotatable bonds is 10. The Balaban J connectivity index is 2.93. The molecular weight excluding hydrogens is 332 g/mol. The van der Waals surface area contributed by atoms with Gasteiger partial charge in [-0.3, -0.25) is 9.74 Å². The first-order valence-electron chi connectivity index (χ1n) is 9.33. The van der Waals surface area contributed by atoms with Crippen LogP contribution >= 0.6 is 0 Å². The lowest BCUT2D eigenvalue weighted by Crippen LogP contribution is -2.58. The van der Waals surface area contributed by atoms with Crippen LogP contribution in [0.5, 0.6) is 0 Å². The molecule has 26 heavy (non-hydrogen) atoms. The third kappa shape index (κ3) is 6.94. The van der Waals surface area contributed by atoms with Gasteiger partial charge in [-0.25, -0.2) is 4.79 Å². The van der Waals surface area contributed by atoms with Crippen LogP contribution in [0.4, 0.5) is 4.79 Å². The molecule has 0 bridgehead atoms. The van der Waals surface area contributed by atoms with Gasteiger partial charge in [-0.15, -0.1) is 0 Å². The average molecular weight is 367 g/mol. The maximum Gasteiger partial charge on any atom is 0.408 e. The summed E-state index contributed by atoms with van der Waals surface area (Å²) in [6, 6.07) is 9.03. The zero-order chi connectivity index (χ0) is 19.7. The van der Waals surface area contributed by atoms with E-state index in [-0.39, 0.29) is 12.6 Å². The highest BCUT2D eigenvalue weighted by atomic mass is 16.7. The van der Waals surface area contributed by atoms with Gasteiger partial charge in [0.05, 0.1) is 18.2 Å². The Bertz CT molecular complexity index is 526. The number of hydrogen-bond acceptors (Lipinski definition) is 4. The van der Waals surface area contributed by atoms with Crippen LogP contribution in [0.15, 0.2) is 30.3 Å². The summed E-state index contributed by atoms with van der Waals surface area (Å²) in [7, 11) is 0. The highest BCUT2D eigenvalue weighted by Crippen LogP contribution is 2.22. The standard InChI is InChI=1S/C20H34N2O4/c1-6-16(7-2)26-21-14-18(23)17(13-15-11-9-8-10-12-15)22(19(24)25)20(3,4)5/h8-12,16-18,21,23H,6-7,13-14H2,1-5H3,(H,24,25)/t17-,18+/m0/s1. The Morgan fingerprint density at radius 1 is 1.19 bits per heavy atom. The van der Waals surface area contributed by atoms with Crippen molar-refractivity contribution in [2.45, 2.75) is 77.7 Å². The van der Waals surface area contributed by atoms with Crippen LogP contribution in [0, 0.1) is 0 Å². The van der Waals surface area contributed by atoms with Crippen LogP contribution in [-0.2, 0) is 11.3 Å². The Labute approximate surface area is 157 Å². The molecule has 1 aromatic rings. The van der Waals surface area contributed by atoms with Crippen LogP contribution < -0.4 is 5.48 Å². The van der Waals surface area contributed by atoms with Gasteiger partial charge in [0.1, 0.15) is 0 Å². The van der Waals surface area contributed by atoms with Gasteiger partial charge in [0.15, 0.2) is 0 Å². The first-order valence-corrected chi connectivity index (χ1v) is 9.33. The van der Waals surface area contributed by atoms with E-state index >= 15 is 0 Å². The number of benzene rings is 1. The van der Waals surface area contributed by atoms with E-state index in [0.29, 0.717) is 6.42 Å². The Kier molecular flexibility index (Phi) is 9.05. The molecule has 1 rings (SSSR count). The summed E-state index contributed by atoms with van der Waals surface area (Å²) in [5.41, 5.74) is 3.17.